The van der Waals surface area contributed by atoms with Gasteiger partial charge in [0, 0.05) is 41.8 Å². The van der Waals surface area contributed by atoms with E-state index < -0.39 is 15.8 Å². The van der Waals surface area contributed by atoms with Crippen molar-refractivity contribution < 1.29 is 22.0 Å². The first-order valence-corrected chi connectivity index (χ1v) is 13.9. The van der Waals surface area contributed by atoms with Crippen molar-refractivity contribution in [2.45, 2.75) is 41.0 Å². The summed E-state index contributed by atoms with van der Waals surface area (Å²) in [5, 5.41) is 3.03. The summed E-state index contributed by atoms with van der Waals surface area (Å²) in [6, 6.07) is 21.8. The molecule has 1 fully saturated rings. The molecule has 11 heteroatoms. The highest BCUT2D eigenvalue weighted by Crippen LogP contribution is 2.27. The van der Waals surface area contributed by atoms with E-state index in [9.17, 15) is 22.0 Å². The molecule has 0 radical (unpaired) electrons. The second-order valence-electron chi connectivity index (χ2n) is 8.55. The van der Waals surface area contributed by atoms with E-state index in [2.05, 4.69) is 27.1 Å². The molecule has 0 saturated carbocycles. The molecular formula is C26H28ClF2N3O3S2. The Hall–Kier alpha value is -2.66. The number of thioether (sulfide) groups is 1. The van der Waals surface area contributed by atoms with E-state index in [-0.39, 0.29) is 40.5 Å². The van der Waals surface area contributed by atoms with Crippen molar-refractivity contribution in [3.05, 3.63) is 90.0 Å². The Morgan fingerprint density at radius 3 is 2.30 bits per heavy atom. The van der Waals surface area contributed by atoms with E-state index in [0.29, 0.717) is 16.7 Å². The summed E-state index contributed by atoms with van der Waals surface area (Å²) in [6.45, 7) is 2.61. The van der Waals surface area contributed by atoms with Gasteiger partial charge in [0.2, 0.25) is 0 Å². The van der Waals surface area contributed by atoms with Crippen molar-refractivity contribution in [2.24, 2.45) is 0 Å². The third-order valence-electron chi connectivity index (χ3n) is 5.91. The van der Waals surface area contributed by atoms with Gasteiger partial charge in [0.15, 0.2) is 0 Å². The lowest BCUT2D eigenvalue weighted by atomic mass is 10.0. The summed E-state index contributed by atoms with van der Waals surface area (Å²) in [4.78, 5) is 15.5. The highest BCUT2D eigenvalue weighted by atomic mass is 35.5. The molecule has 198 valence electrons. The van der Waals surface area contributed by atoms with Crippen LogP contribution in [0, 0.1) is 0 Å². The second-order valence-corrected chi connectivity index (χ2v) is 11.3. The molecule has 1 saturated heterocycles. The van der Waals surface area contributed by atoms with Crippen molar-refractivity contribution >= 4 is 45.8 Å². The van der Waals surface area contributed by atoms with Crippen LogP contribution in [-0.2, 0) is 16.6 Å². The van der Waals surface area contributed by atoms with Gasteiger partial charge in [-0.2, -0.15) is 8.78 Å². The maximum atomic E-state index is 12.8. The first kappa shape index (κ1) is 28.9. The number of halogens is 3. The topological polar surface area (TPSA) is 78.5 Å². The first-order chi connectivity index (χ1) is 17.3. The van der Waals surface area contributed by atoms with Crippen molar-refractivity contribution in [1.29, 1.82) is 0 Å². The summed E-state index contributed by atoms with van der Waals surface area (Å²) in [5.41, 5.74) is 1.76. The molecule has 0 aromatic heterocycles. The Morgan fingerprint density at radius 2 is 1.65 bits per heavy atom. The van der Waals surface area contributed by atoms with E-state index in [1.54, 1.807) is 6.07 Å². The number of hydrogen-bond donors (Lipinski definition) is 2. The van der Waals surface area contributed by atoms with Gasteiger partial charge >= 0.3 is 0 Å². The smallest absolute Gasteiger partial charge is 0.288 e. The van der Waals surface area contributed by atoms with Crippen LogP contribution >= 0.6 is 24.2 Å². The monoisotopic (exact) mass is 567 g/mol. The minimum absolute atomic E-state index is 0. The maximum absolute atomic E-state index is 12.8. The van der Waals surface area contributed by atoms with Gasteiger partial charge in [-0.3, -0.25) is 14.4 Å². The Balaban J connectivity index is 0.00000380. The first-order valence-electron chi connectivity index (χ1n) is 11.5. The minimum Gasteiger partial charge on any atom is -0.349 e. The molecule has 6 nitrogen and oxygen atoms in total. The van der Waals surface area contributed by atoms with Crippen molar-refractivity contribution in [3.63, 3.8) is 0 Å². The van der Waals surface area contributed by atoms with Crippen LogP contribution in [-0.4, -0.2) is 44.1 Å². The summed E-state index contributed by atoms with van der Waals surface area (Å²) >= 11 is 0.383. The van der Waals surface area contributed by atoms with Gasteiger partial charge in [-0.15, -0.1) is 12.4 Å². The van der Waals surface area contributed by atoms with E-state index >= 15 is 0 Å². The molecule has 2 N–H and O–H groups in total. The van der Waals surface area contributed by atoms with Crippen LogP contribution in [0.25, 0.3) is 0 Å². The van der Waals surface area contributed by atoms with E-state index in [0.717, 1.165) is 32.5 Å². The summed E-state index contributed by atoms with van der Waals surface area (Å²) < 4.78 is 53.1. The SMILES string of the molecule is Cl.O=C(NC1CCN(Cc2ccccc2)CC1)c1cccc(S(=O)(=O)Nc2ccc(SC(F)F)cc2)c1. The molecule has 3 aromatic rings. The lowest BCUT2D eigenvalue weighted by molar-refractivity contribution is 0.0908. The van der Waals surface area contributed by atoms with Crippen LogP contribution in [0.4, 0.5) is 14.5 Å². The van der Waals surface area contributed by atoms with Crippen LogP contribution in [0.1, 0.15) is 28.8 Å². The Bertz CT molecular complexity index is 1270. The van der Waals surface area contributed by atoms with Gasteiger partial charge in [-0.1, -0.05) is 48.2 Å². The molecule has 0 bridgehead atoms. The quantitative estimate of drug-likeness (QED) is 0.328. The van der Waals surface area contributed by atoms with Crippen molar-refractivity contribution in [1.82, 2.24) is 10.2 Å². The molecule has 1 aliphatic heterocycles. The summed E-state index contributed by atoms with van der Waals surface area (Å²) in [7, 11) is -3.97. The molecule has 37 heavy (non-hydrogen) atoms. The van der Waals surface area contributed by atoms with Crippen molar-refractivity contribution in [3.8, 4) is 0 Å². The van der Waals surface area contributed by atoms with Gasteiger partial charge in [0.25, 0.3) is 21.7 Å². The summed E-state index contributed by atoms with van der Waals surface area (Å²) in [6.07, 6.45) is 1.63. The number of likely N-dealkylation sites (tertiary alicyclic amines) is 1. The number of hydrogen-bond acceptors (Lipinski definition) is 5. The fourth-order valence-corrected chi connectivity index (χ4v) is 5.67. The third-order valence-corrected chi connectivity index (χ3v) is 8.01. The van der Waals surface area contributed by atoms with E-state index in [4.69, 9.17) is 0 Å². The lowest BCUT2D eigenvalue weighted by Crippen LogP contribution is -2.44. The highest BCUT2D eigenvalue weighted by Gasteiger charge is 2.22. The molecule has 0 spiro atoms. The number of alkyl halides is 2. The standard InChI is InChI=1S/C26H27F2N3O3S2.ClH/c27-26(28)35-23-11-9-22(10-12-23)30-36(33,34)24-8-4-7-20(17-24)25(32)29-21-13-15-31(16-14-21)18-19-5-2-1-3-6-19;/h1-12,17,21,26,30H,13-16,18H2,(H,29,32);1H. The number of sulfonamides is 1. The van der Waals surface area contributed by atoms with Crippen molar-refractivity contribution in [2.75, 3.05) is 17.8 Å². The number of rotatable bonds is 9. The number of anilines is 1. The number of carbonyl (C=O) groups is 1. The van der Waals surface area contributed by atoms with Crippen LogP contribution in [0.2, 0.25) is 0 Å². The molecular weight excluding hydrogens is 540 g/mol. The Morgan fingerprint density at radius 1 is 0.973 bits per heavy atom. The van der Waals surface area contributed by atoms with Gasteiger partial charge < -0.3 is 5.32 Å². The number of piperidine rings is 1. The van der Waals surface area contributed by atoms with Crippen LogP contribution < -0.4 is 10.0 Å². The average Bonchev–Trinajstić information content (AvgIpc) is 2.87. The largest absolute Gasteiger partial charge is 0.349 e. The second kappa shape index (κ2) is 13.2. The molecule has 1 amide bonds. The number of nitrogens with zero attached hydrogens (tertiary/aromatic N) is 1. The Kier molecular flexibility index (Phi) is 10.3. The van der Waals surface area contributed by atoms with Crippen LogP contribution in [0.15, 0.2) is 88.7 Å². The zero-order valence-corrected chi connectivity index (χ0v) is 22.3. The molecule has 0 aliphatic carbocycles. The predicted molar refractivity (Wildman–Crippen MR) is 145 cm³/mol. The van der Waals surface area contributed by atoms with Gasteiger partial charge in [0.1, 0.15) is 0 Å². The van der Waals surface area contributed by atoms with Crippen LogP contribution in [0.5, 0.6) is 0 Å². The molecule has 1 aliphatic rings. The number of amides is 1. The molecule has 0 unspecified atom stereocenters. The normalized spacial score (nSPS) is 14.7. The fraction of sp³-hybridized carbons (Fsp3) is 0.269. The Labute approximate surface area is 226 Å². The third kappa shape index (κ3) is 8.43. The number of carbonyl (C=O) groups excluding carboxylic acids is 1. The fourth-order valence-electron chi connectivity index (χ4n) is 4.07. The van der Waals surface area contributed by atoms with Crippen LogP contribution in [0.3, 0.4) is 0 Å². The van der Waals surface area contributed by atoms with Gasteiger partial charge in [-0.05, 0) is 60.9 Å². The molecule has 3 aromatic carbocycles. The zero-order chi connectivity index (χ0) is 25.5. The predicted octanol–water partition coefficient (Wildman–Crippen LogP) is 5.62. The van der Waals surface area contributed by atoms with E-state index in [1.165, 1.54) is 48.0 Å². The van der Waals surface area contributed by atoms with Gasteiger partial charge in [-0.25, -0.2) is 8.42 Å². The van der Waals surface area contributed by atoms with E-state index in [1.807, 2.05) is 18.2 Å². The summed E-state index contributed by atoms with van der Waals surface area (Å²) in [5.74, 6) is -2.87. The maximum Gasteiger partial charge on any atom is 0.288 e. The lowest BCUT2D eigenvalue weighted by Gasteiger charge is -2.32. The molecule has 0 atom stereocenters. The average molecular weight is 568 g/mol. The number of benzene rings is 3. The minimum atomic E-state index is -3.97. The highest BCUT2D eigenvalue weighted by molar-refractivity contribution is 7.99. The molecule has 4 rings (SSSR count). The number of nitrogens with one attached hydrogen (secondary N) is 2. The van der Waals surface area contributed by atoms with Gasteiger partial charge in [0.05, 0.1) is 4.90 Å². The molecule has 1 heterocycles. The zero-order valence-electron chi connectivity index (χ0n) is 19.8.